The molecular weight excluding hydrogens is 299 g/mol. The highest BCUT2D eigenvalue weighted by atomic mass is 28.3. The van der Waals surface area contributed by atoms with Gasteiger partial charge in [0, 0.05) is 5.92 Å². The molecule has 0 bridgehead atoms. The highest BCUT2D eigenvalue weighted by Gasteiger charge is 2.52. The third kappa shape index (κ3) is 4.09. The fourth-order valence-corrected chi connectivity index (χ4v) is 3.14. The number of benzene rings is 1. The van der Waals surface area contributed by atoms with Gasteiger partial charge in [-0.2, -0.15) is 0 Å². The first-order valence-electron chi connectivity index (χ1n) is 8.40. The second-order valence-electron chi connectivity index (χ2n) is 8.46. The summed E-state index contributed by atoms with van der Waals surface area (Å²) in [7, 11) is -1.70. The minimum atomic E-state index is -1.37. The van der Waals surface area contributed by atoms with Crippen LogP contribution in [0, 0.1) is 11.5 Å². The molecule has 2 rings (SSSR count). The van der Waals surface area contributed by atoms with E-state index < -0.39 is 8.07 Å². The number of hydrogen-bond acceptors (Lipinski definition) is 2. The zero-order chi connectivity index (χ0) is 17.5. The van der Waals surface area contributed by atoms with E-state index in [0.29, 0.717) is 0 Å². The monoisotopic (exact) mass is 328 g/mol. The van der Waals surface area contributed by atoms with Crippen LogP contribution in [0.1, 0.15) is 46.1 Å². The fourth-order valence-electron chi connectivity index (χ4n) is 2.49. The van der Waals surface area contributed by atoms with Crippen LogP contribution in [0.5, 0.6) is 0 Å². The average Bonchev–Trinajstić information content (AvgIpc) is 2.64. The maximum atomic E-state index is 6.22. The maximum Gasteiger partial charge on any atom is 0.495 e. The minimum absolute atomic E-state index is 0.178. The normalized spacial score (nSPS) is 20.8. The molecule has 1 aliphatic heterocycles. The van der Waals surface area contributed by atoms with Crippen LogP contribution in [0.4, 0.5) is 0 Å². The van der Waals surface area contributed by atoms with Crippen LogP contribution >= 0.6 is 0 Å². The Bertz CT molecular complexity index is 619. The zero-order valence-electron chi connectivity index (χ0n) is 15.8. The molecule has 0 amide bonds. The van der Waals surface area contributed by atoms with Gasteiger partial charge in [-0.25, -0.2) is 0 Å². The summed E-state index contributed by atoms with van der Waals surface area (Å²) in [4.78, 5) is 0. The lowest BCUT2D eigenvalue weighted by atomic mass is 9.73. The topological polar surface area (TPSA) is 18.5 Å². The van der Waals surface area contributed by atoms with Crippen molar-refractivity contribution in [1.29, 1.82) is 0 Å². The Morgan fingerprint density at radius 2 is 1.52 bits per heavy atom. The van der Waals surface area contributed by atoms with Gasteiger partial charge in [0.05, 0.1) is 11.2 Å². The summed E-state index contributed by atoms with van der Waals surface area (Å²) >= 11 is 0. The van der Waals surface area contributed by atoms with Crippen molar-refractivity contribution >= 4 is 20.7 Å². The highest BCUT2D eigenvalue weighted by Crippen LogP contribution is 2.37. The first-order chi connectivity index (χ1) is 10.4. The molecule has 1 aromatic rings. The lowest BCUT2D eigenvalue weighted by Gasteiger charge is -2.32. The van der Waals surface area contributed by atoms with Crippen LogP contribution in [0.2, 0.25) is 19.6 Å². The molecule has 0 spiro atoms. The summed E-state index contributed by atoms with van der Waals surface area (Å²) in [6.45, 7) is 17.3. The summed E-state index contributed by atoms with van der Waals surface area (Å²) in [5, 5.41) is 0. The van der Waals surface area contributed by atoms with E-state index in [4.69, 9.17) is 9.31 Å². The van der Waals surface area contributed by atoms with Crippen LogP contribution in [0.15, 0.2) is 24.3 Å². The standard InChI is InChI=1S/C19H29BO2Si/c1-15(13-14-23(6,7)8)16-11-9-10-12-17(16)20-21-18(2,3)19(4,5)22-20/h9-12,15H,1-8H3. The van der Waals surface area contributed by atoms with Crippen molar-refractivity contribution in [2.45, 2.75) is 71.4 Å². The molecule has 1 fully saturated rings. The molecule has 0 aromatic heterocycles. The van der Waals surface area contributed by atoms with Crippen LogP contribution < -0.4 is 5.46 Å². The van der Waals surface area contributed by atoms with Gasteiger partial charge in [0.2, 0.25) is 0 Å². The van der Waals surface area contributed by atoms with Crippen molar-refractivity contribution in [2.75, 3.05) is 0 Å². The van der Waals surface area contributed by atoms with Gasteiger partial charge in [0.25, 0.3) is 0 Å². The van der Waals surface area contributed by atoms with E-state index in [1.54, 1.807) is 0 Å². The molecule has 124 valence electrons. The zero-order valence-corrected chi connectivity index (χ0v) is 16.8. The fraction of sp³-hybridized carbons (Fsp3) is 0.579. The third-order valence-electron chi connectivity index (χ3n) is 4.63. The van der Waals surface area contributed by atoms with E-state index in [1.807, 2.05) is 6.07 Å². The third-order valence-corrected chi connectivity index (χ3v) is 5.53. The molecule has 0 N–H and O–H groups in total. The Balaban J connectivity index is 2.34. The van der Waals surface area contributed by atoms with Crippen LogP contribution in [-0.2, 0) is 9.31 Å². The van der Waals surface area contributed by atoms with Crippen molar-refractivity contribution in [3.05, 3.63) is 29.8 Å². The molecule has 2 nitrogen and oxygen atoms in total. The molecule has 0 saturated carbocycles. The molecule has 0 radical (unpaired) electrons. The number of rotatable bonds is 2. The van der Waals surface area contributed by atoms with Gasteiger partial charge in [-0.3, -0.25) is 0 Å². The molecule has 0 aliphatic carbocycles. The first kappa shape index (κ1) is 18.3. The molecule has 1 saturated heterocycles. The molecule has 1 heterocycles. The second kappa shape index (κ2) is 6.13. The van der Waals surface area contributed by atoms with Gasteiger partial charge in [-0.15, -0.1) is 11.5 Å². The Morgan fingerprint density at radius 3 is 2.04 bits per heavy atom. The Hall–Kier alpha value is -1.02. The predicted octanol–water partition coefficient (Wildman–Crippen LogP) is 3.97. The first-order valence-corrected chi connectivity index (χ1v) is 11.9. The van der Waals surface area contributed by atoms with Crippen LogP contribution in [0.25, 0.3) is 0 Å². The summed E-state index contributed by atoms with van der Waals surface area (Å²) in [5.74, 6) is 3.62. The predicted molar refractivity (Wildman–Crippen MR) is 102 cm³/mol. The van der Waals surface area contributed by atoms with Crippen molar-refractivity contribution in [3.63, 3.8) is 0 Å². The van der Waals surface area contributed by atoms with Crippen molar-refractivity contribution in [2.24, 2.45) is 0 Å². The quantitative estimate of drug-likeness (QED) is 0.604. The Morgan fingerprint density at radius 1 is 1.00 bits per heavy atom. The second-order valence-corrected chi connectivity index (χ2v) is 13.2. The van der Waals surface area contributed by atoms with E-state index in [0.717, 1.165) is 5.46 Å². The largest absolute Gasteiger partial charge is 0.495 e. The van der Waals surface area contributed by atoms with Crippen molar-refractivity contribution in [1.82, 2.24) is 0 Å². The molecular formula is C19H29BO2Si. The van der Waals surface area contributed by atoms with Gasteiger partial charge >= 0.3 is 7.12 Å². The van der Waals surface area contributed by atoms with E-state index in [2.05, 4.69) is 83.9 Å². The average molecular weight is 328 g/mol. The lowest BCUT2D eigenvalue weighted by Crippen LogP contribution is -2.41. The Labute approximate surface area is 143 Å². The van der Waals surface area contributed by atoms with Gasteiger partial charge in [-0.1, -0.05) is 43.9 Å². The number of hydrogen-bond donors (Lipinski definition) is 0. The van der Waals surface area contributed by atoms with Gasteiger partial charge in [-0.05, 0) is 45.6 Å². The van der Waals surface area contributed by atoms with E-state index in [9.17, 15) is 0 Å². The molecule has 1 unspecified atom stereocenters. The summed E-state index contributed by atoms with van der Waals surface area (Å²) in [5.41, 5.74) is 5.14. The van der Waals surface area contributed by atoms with E-state index in [-0.39, 0.29) is 24.2 Å². The minimum Gasteiger partial charge on any atom is -0.399 e. The van der Waals surface area contributed by atoms with Crippen LogP contribution in [-0.4, -0.2) is 26.4 Å². The van der Waals surface area contributed by atoms with Crippen molar-refractivity contribution < 1.29 is 9.31 Å². The molecule has 1 aromatic carbocycles. The summed E-state index contributed by atoms with van der Waals surface area (Å²) in [6.07, 6.45) is 0. The molecule has 23 heavy (non-hydrogen) atoms. The SMILES string of the molecule is CC(C#C[Si](C)(C)C)c1ccccc1B1OC(C)(C)C(C)(C)O1. The van der Waals surface area contributed by atoms with Crippen LogP contribution in [0.3, 0.4) is 0 Å². The summed E-state index contributed by atoms with van der Waals surface area (Å²) in [6, 6.07) is 8.35. The van der Waals surface area contributed by atoms with Gasteiger partial charge < -0.3 is 9.31 Å². The molecule has 1 aliphatic rings. The highest BCUT2D eigenvalue weighted by molar-refractivity contribution is 6.83. The lowest BCUT2D eigenvalue weighted by molar-refractivity contribution is 0.00578. The summed E-state index contributed by atoms with van der Waals surface area (Å²) < 4.78 is 12.4. The Kier molecular flexibility index (Phi) is 4.88. The van der Waals surface area contributed by atoms with Gasteiger partial charge in [0.15, 0.2) is 0 Å². The van der Waals surface area contributed by atoms with Crippen molar-refractivity contribution in [3.8, 4) is 11.5 Å². The van der Waals surface area contributed by atoms with E-state index in [1.165, 1.54) is 5.56 Å². The molecule has 4 heteroatoms. The maximum absolute atomic E-state index is 6.22. The van der Waals surface area contributed by atoms with E-state index >= 15 is 0 Å². The smallest absolute Gasteiger partial charge is 0.399 e. The van der Waals surface area contributed by atoms with Gasteiger partial charge in [0.1, 0.15) is 8.07 Å². The molecule has 1 atom stereocenters.